The van der Waals surface area contributed by atoms with Crippen molar-refractivity contribution in [3.8, 4) is 0 Å². The molecule has 3 heterocycles. The Bertz CT molecular complexity index is 599. The highest BCUT2D eigenvalue weighted by Crippen LogP contribution is 2.52. The van der Waals surface area contributed by atoms with E-state index in [9.17, 15) is 5.11 Å². The highest BCUT2D eigenvalue weighted by atomic mass is 16.4. The number of fused-ring (bicyclic) bond motifs is 2. The average molecular weight is 284 g/mol. The number of aliphatic hydroxyl groups is 1. The van der Waals surface area contributed by atoms with Crippen LogP contribution in [0.5, 0.6) is 0 Å². The number of aromatic nitrogens is 1. The van der Waals surface area contributed by atoms with Gasteiger partial charge in [0.2, 0.25) is 0 Å². The molecule has 21 heavy (non-hydrogen) atoms. The number of hydrogen-bond acceptors (Lipinski definition) is 4. The van der Waals surface area contributed by atoms with Gasteiger partial charge in [-0.3, -0.25) is 0 Å². The van der Waals surface area contributed by atoms with Crippen molar-refractivity contribution in [2.24, 2.45) is 5.41 Å². The zero-order valence-corrected chi connectivity index (χ0v) is 12.0. The summed E-state index contributed by atoms with van der Waals surface area (Å²) in [6.07, 6.45) is 7.55. The Hall–Kier alpha value is -1.81. The van der Waals surface area contributed by atoms with Gasteiger partial charge in [-0.15, -0.1) is 0 Å². The third kappa shape index (κ3) is 1.97. The van der Waals surface area contributed by atoms with E-state index < -0.39 is 0 Å². The molecule has 0 radical (unpaired) electrons. The molecule has 0 unspecified atom stereocenters. The quantitative estimate of drug-likeness (QED) is 0.937. The minimum Gasteiger partial charge on any atom is -0.432 e. The zero-order chi connectivity index (χ0) is 14.3. The van der Waals surface area contributed by atoms with E-state index in [4.69, 9.17) is 4.42 Å². The molecule has 0 spiro atoms. The molecule has 1 N–H and O–H groups in total. The van der Waals surface area contributed by atoms with Gasteiger partial charge in [0.1, 0.15) is 6.26 Å². The molecular formula is C17H20N2O2. The molecular weight excluding hydrogens is 264 g/mol. The normalized spacial score (nSPS) is 31.0. The van der Waals surface area contributed by atoms with Gasteiger partial charge >= 0.3 is 0 Å². The summed E-state index contributed by atoms with van der Waals surface area (Å²) in [5, 5.41) is 10.1. The lowest BCUT2D eigenvalue weighted by atomic mass is 9.70. The molecule has 4 rings (SSSR count). The molecule has 2 fully saturated rings. The first-order valence-electron chi connectivity index (χ1n) is 7.65. The van der Waals surface area contributed by atoms with Crippen molar-refractivity contribution >= 4 is 6.01 Å². The van der Waals surface area contributed by atoms with Gasteiger partial charge in [-0.2, -0.15) is 0 Å². The van der Waals surface area contributed by atoms with Crippen LogP contribution in [-0.2, 0) is 6.42 Å². The maximum atomic E-state index is 10.1. The highest BCUT2D eigenvalue weighted by Gasteiger charge is 2.56. The lowest BCUT2D eigenvalue weighted by Crippen LogP contribution is -2.42. The van der Waals surface area contributed by atoms with Crippen molar-refractivity contribution in [3.63, 3.8) is 0 Å². The molecule has 2 aliphatic heterocycles. The largest absolute Gasteiger partial charge is 0.432 e. The Kier molecular flexibility index (Phi) is 3.00. The number of hydrogen-bond donors (Lipinski definition) is 1. The van der Waals surface area contributed by atoms with Gasteiger partial charge in [-0.25, -0.2) is 4.98 Å². The van der Waals surface area contributed by atoms with E-state index in [1.165, 1.54) is 12.0 Å². The van der Waals surface area contributed by atoms with Gasteiger partial charge in [0, 0.05) is 17.5 Å². The fourth-order valence-corrected chi connectivity index (χ4v) is 4.34. The van der Waals surface area contributed by atoms with Crippen LogP contribution in [0, 0.1) is 5.41 Å². The van der Waals surface area contributed by atoms with Gasteiger partial charge in [0.05, 0.1) is 12.8 Å². The molecule has 2 saturated heterocycles. The minimum atomic E-state index is -0.0707. The highest BCUT2D eigenvalue weighted by molar-refractivity contribution is 5.39. The summed E-state index contributed by atoms with van der Waals surface area (Å²) in [5.41, 5.74) is 1.23. The summed E-state index contributed by atoms with van der Waals surface area (Å²) in [5.74, 6) is 0. The second-order valence-electron chi connectivity index (χ2n) is 6.36. The van der Waals surface area contributed by atoms with E-state index in [-0.39, 0.29) is 12.0 Å². The van der Waals surface area contributed by atoms with Crippen LogP contribution in [0.4, 0.5) is 6.01 Å². The van der Waals surface area contributed by atoms with Gasteiger partial charge in [0.15, 0.2) is 0 Å². The van der Waals surface area contributed by atoms with Crippen LogP contribution in [0.25, 0.3) is 0 Å². The first kappa shape index (κ1) is 12.9. The van der Waals surface area contributed by atoms with E-state index >= 15 is 0 Å². The molecule has 1 aromatic heterocycles. The summed E-state index contributed by atoms with van der Waals surface area (Å²) in [6.45, 7) is 0.222. The third-order valence-corrected chi connectivity index (χ3v) is 5.21. The van der Waals surface area contributed by atoms with Crippen molar-refractivity contribution in [2.45, 2.75) is 37.8 Å². The topological polar surface area (TPSA) is 49.5 Å². The van der Waals surface area contributed by atoms with Crippen molar-refractivity contribution in [1.82, 2.24) is 4.98 Å². The Morgan fingerprint density at radius 2 is 2.14 bits per heavy atom. The Labute approximate surface area is 124 Å². The van der Waals surface area contributed by atoms with E-state index in [0.717, 1.165) is 19.3 Å². The van der Waals surface area contributed by atoms with E-state index in [2.05, 4.69) is 34.1 Å². The molecule has 3 atom stereocenters. The molecule has 110 valence electrons. The standard InChI is InChI=1S/C17H20N2O2/c20-12-17(10-13-4-2-1-3-5-13)11-14-6-7-15(17)19(14)16-18-8-9-21-16/h1-5,8-9,14-15,20H,6-7,10-12H2/t14-,15+,17-/m1/s1. The zero-order valence-electron chi connectivity index (χ0n) is 12.0. The fraction of sp³-hybridized carbons (Fsp3) is 0.471. The van der Waals surface area contributed by atoms with Crippen LogP contribution in [-0.4, -0.2) is 28.8 Å². The average Bonchev–Trinajstić information content (AvgIpc) is 3.22. The lowest BCUT2D eigenvalue weighted by Gasteiger charge is -2.35. The predicted octanol–water partition coefficient (Wildman–Crippen LogP) is 2.64. The monoisotopic (exact) mass is 284 g/mol. The molecule has 2 bridgehead atoms. The Morgan fingerprint density at radius 3 is 2.86 bits per heavy atom. The molecule has 0 saturated carbocycles. The fourth-order valence-electron chi connectivity index (χ4n) is 4.34. The second-order valence-corrected chi connectivity index (χ2v) is 6.36. The Morgan fingerprint density at radius 1 is 1.29 bits per heavy atom. The summed E-state index contributed by atoms with van der Waals surface area (Å²) in [7, 11) is 0. The second kappa shape index (κ2) is 4.88. The summed E-state index contributed by atoms with van der Waals surface area (Å²) in [4.78, 5) is 6.63. The van der Waals surface area contributed by atoms with Crippen LogP contribution in [0.1, 0.15) is 24.8 Å². The molecule has 2 aromatic rings. The van der Waals surface area contributed by atoms with Crippen molar-refractivity contribution in [1.29, 1.82) is 0 Å². The predicted molar refractivity (Wildman–Crippen MR) is 80.1 cm³/mol. The van der Waals surface area contributed by atoms with Crippen LogP contribution < -0.4 is 4.90 Å². The van der Waals surface area contributed by atoms with E-state index in [0.29, 0.717) is 18.1 Å². The maximum absolute atomic E-state index is 10.1. The van der Waals surface area contributed by atoms with Crippen LogP contribution in [0.15, 0.2) is 47.2 Å². The van der Waals surface area contributed by atoms with Gasteiger partial charge in [-0.05, 0) is 31.2 Å². The van der Waals surface area contributed by atoms with E-state index in [1.54, 1.807) is 12.5 Å². The van der Waals surface area contributed by atoms with Crippen molar-refractivity contribution < 1.29 is 9.52 Å². The van der Waals surface area contributed by atoms with Gasteiger partial charge in [0.25, 0.3) is 6.01 Å². The lowest BCUT2D eigenvalue weighted by molar-refractivity contribution is 0.0981. The Balaban J connectivity index is 1.65. The summed E-state index contributed by atoms with van der Waals surface area (Å²) in [6, 6.07) is 12.0. The number of rotatable bonds is 4. The van der Waals surface area contributed by atoms with E-state index in [1.807, 2.05) is 6.07 Å². The molecule has 1 aromatic carbocycles. The smallest absolute Gasteiger partial charge is 0.297 e. The van der Waals surface area contributed by atoms with Crippen molar-refractivity contribution in [2.75, 3.05) is 11.5 Å². The molecule has 4 heteroatoms. The first-order chi connectivity index (χ1) is 10.3. The van der Waals surface area contributed by atoms with Crippen LogP contribution >= 0.6 is 0 Å². The molecule has 4 nitrogen and oxygen atoms in total. The number of oxazole rings is 1. The molecule has 0 aliphatic carbocycles. The number of aliphatic hydroxyl groups excluding tert-OH is 1. The molecule has 2 aliphatic rings. The van der Waals surface area contributed by atoms with Gasteiger partial charge < -0.3 is 14.4 Å². The van der Waals surface area contributed by atoms with Crippen LogP contribution in [0.2, 0.25) is 0 Å². The number of benzene rings is 1. The number of nitrogens with zero attached hydrogens (tertiary/aromatic N) is 2. The first-order valence-corrected chi connectivity index (χ1v) is 7.65. The van der Waals surface area contributed by atoms with Crippen LogP contribution in [0.3, 0.4) is 0 Å². The van der Waals surface area contributed by atoms with Gasteiger partial charge in [-0.1, -0.05) is 30.3 Å². The SMILES string of the molecule is OC[C@@]1(Cc2ccccc2)C[C@H]2CC[C@@H]1N2c1ncco1. The summed E-state index contributed by atoms with van der Waals surface area (Å²) < 4.78 is 5.52. The maximum Gasteiger partial charge on any atom is 0.297 e. The summed E-state index contributed by atoms with van der Waals surface area (Å²) >= 11 is 0. The van der Waals surface area contributed by atoms with Crippen molar-refractivity contribution in [3.05, 3.63) is 48.4 Å². The number of anilines is 1. The third-order valence-electron chi connectivity index (χ3n) is 5.21. The minimum absolute atomic E-state index is 0.0707. The molecule has 0 amide bonds.